The number of aromatic hydroxyl groups is 1. The van der Waals surface area contributed by atoms with Crippen molar-refractivity contribution in [3.8, 4) is 28.4 Å². The van der Waals surface area contributed by atoms with Crippen molar-refractivity contribution < 1.29 is 9.84 Å². The Bertz CT molecular complexity index is 1200. The second-order valence-corrected chi connectivity index (χ2v) is 6.75. The molecule has 2 N–H and O–H groups in total. The van der Waals surface area contributed by atoms with E-state index in [1.54, 1.807) is 42.5 Å². The summed E-state index contributed by atoms with van der Waals surface area (Å²) >= 11 is 5.97. The number of hydrogen-bond donors (Lipinski definition) is 2. The average molecular weight is 378 g/mol. The Kier molecular flexibility index (Phi) is 4.34. The second kappa shape index (κ2) is 6.82. The van der Waals surface area contributed by atoms with Crippen LogP contribution in [0.25, 0.3) is 22.0 Å². The third kappa shape index (κ3) is 3.39. The summed E-state index contributed by atoms with van der Waals surface area (Å²) in [5.74, 6) is 1.19. The van der Waals surface area contributed by atoms with Crippen molar-refractivity contribution in [2.75, 3.05) is 0 Å². The molecule has 0 bridgehead atoms. The molecule has 0 spiro atoms. The lowest BCUT2D eigenvalue weighted by atomic mass is 10.0. The average Bonchev–Trinajstić information content (AvgIpc) is 2.64. The molecule has 0 aliphatic rings. The largest absolute Gasteiger partial charge is 0.506 e. The van der Waals surface area contributed by atoms with Gasteiger partial charge in [0, 0.05) is 10.4 Å². The van der Waals surface area contributed by atoms with Gasteiger partial charge in [-0.2, -0.15) is 0 Å². The number of nitrogens with one attached hydrogen (secondary N) is 1. The SMILES string of the molecule is Cc1ccc(Oc2cccc(-c3c(O)c4ccc(Cl)cc4[nH]c3=O)c2)cc1. The first-order valence-electron chi connectivity index (χ1n) is 8.41. The summed E-state index contributed by atoms with van der Waals surface area (Å²) < 4.78 is 5.87. The number of halogens is 1. The molecule has 0 saturated heterocycles. The standard InChI is InChI=1S/C22H16ClNO3/c1-13-5-8-16(9-6-13)27-17-4-2-3-14(11-17)20-21(25)18-10-7-15(23)12-19(18)24-22(20)26/h2-12H,1H3,(H2,24,25,26). The normalized spacial score (nSPS) is 10.9. The summed E-state index contributed by atoms with van der Waals surface area (Å²) in [5, 5.41) is 11.7. The number of aromatic nitrogens is 1. The number of hydrogen-bond acceptors (Lipinski definition) is 3. The lowest BCUT2D eigenvalue weighted by Crippen LogP contribution is -2.09. The number of aryl methyl sites for hydroxylation is 1. The Morgan fingerprint density at radius 1 is 0.963 bits per heavy atom. The van der Waals surface area contributed by atoms with Gasteiger partial charge in [-0.05, 0) is 55.0 Å². The molecule has 0 saturated carbocycles. The molecule has 0 atom stereocenters. The number of fused-ring (bicyclic) bond motifs is 1. The number of H-pyrrole nitrogens is 1. The minimum absolute atomic E-state index is 0.0853. The number of benzene rings is 3. The lowest BCUT2D eigenvalue weighted by Gasteiger charge is -2.10. The summed E-state index contributed by atoms with van der Waals surface area (Å²) in [6.45, 7) is 2.01. The van der Waals surface area contributed by atoms with Crippen LogP contribution in [0.4, 0.5) is 0 Å². The summed E-state index contributed by atoms with van der Waals surface area (Å²) in [4.78, 5) is 15.3. The fraction of sp³-hybridized carbons (Fsp3) is 0.0455. The first kappa shape index (κ1) is 17.2. The maximum Gasteiger partial charge on any atom is 0.260 e. The summed E-state index contributed by atoms with van der Waals surface area (Å²) in [7, 11) is 0. The van der Waals surface area contributed by atoms with E-state index in [0.29, 0.717) is 33.0 Å². The zero-order chi connectivity index (χ0) is 19.0. The molecule has 0 aliphatic carbocycles. The number of pyridine rings is 1. The zero-order valence-electron chi connectivity index (χ0n) is 14.5. The molecule has 0 unspecified atom stereocenters. The first-order valence-corrected chi connectivity index (χ1v) is 8.78. The van der Waals surface area contributed by atoms with Gasteiger partial charge < -0.3 is 14.8 Å². The van der Waals surface area contributed by atoms with Gasteiger partial charge >= 0.3 is 0 Å². The van der Waals surface area contributed by atoms with Crippen molar-refractivity contribution in [3.63, 3.8) is 0 Å². The molecular formula is C22H16ClNO3. The Labute approximate surface area is 160 Å². The van der Waals surface area contributed by atoms with E-state index in [9.17, 15) is 9.90 Å². The van der Waals surface area contributed by atoms with E-state index < -0.39 is 5.56 Å². The van der Waals surface area contributed by atoms with Gasteiger partial charge in [-0.25, -0.2) is 0 Å². The highest BCUT2D eigenvalue weighted by Crippen LogP contribution is 2.35. The minimum atomic E-state index is -0.394. The molecule has 4 rings (SSSR count). The van der Waals surface area contributed by atoms with Crippen molar-refractivity contribution in [2.24, 2.45) is 0 Å². The summed E-state index contributed by atoms with van der Waals surface area (Å²) in [5.41, 5.74) is 1.99. The maximum atomic E-state index is 12.6. The van der Waals surface area contributed by atoms with Crippen LogP contribution >= 0.6 is 11.6 Å². The summed E-state index contributed by atoms with van der Waals surface area (Å²) in [6.07, 6.45) is 0. The molecule has 0 radical (unpaired) electrons. The molecule has 5 heteroatoms. The highest BCUT2D eigenvalue weighted by Gasteiger charge is 2.15. The van der Waals surface area contributed by atoms with E-state index in [0.717, 1.165) is 5.56 Å². The second-order valence-electron chi connectivity index (χ2n) is 6.31. The monoisotopic (exact) mass is 377 g/mol. The van der Waals surface area contributed by atoms with Crippen molar-refractivity contribution in [3.05, 3.63) is 87.7 Å². The Morgan fingerprint density at radius 3 is 2.52 bits per heavy atom. The van der Waals surface area contributed by atoms with Crippen LogP contribution < -0.4 is 10.3 Å². The quantitative estimate of drug-likeness (QED) is 0.484. The topological polar surface area (TPSA) is 62.3 Å². The van der Waals surface area contributed by atoms with Gasteiger partial charge in [0.25, 0.3) is 5.56 Å². The Morgan fingerprint density at radius 2 is 1.74 bits per heavy atom. The van der Waals surface area contributed by atoms with Crippen LogP contribution in [-0.4, -0.2) is 10.1 Å². The van der Waals surface area contributed by atoms with Crippen LogP contribution in [0.3, 0.4) is 0 Å². The van der Waals surface area contributed by atoms with E-state index in [4.69, 9.17) is 16.3 Å². The lowest BCUT2D eigenvalue weighted by molar-refractivity contribution is 0.480. The van der Waals surface area contributed by atoms with Crippen LogP contribution in [0.1, 0.15) is 5.56 Å². The fourth-order valence-electron chi connectivity index (χ4n) is 2.98. The zero-order valence-corrected chi connectivity index (χ0v) is 15.2. The van der Waals surface area contributed by atoms with E-state index in [1.165, 1.54) is 0 Å². The van der Waals surface area contributed by atoms with Crippen LogP contribution in [0.2, 0.25) is 5.02 Å². The molecule has 4 aromatic rings. The predicted molar refractivity (Wildman–Crippen MR) is 108 cm³/mol. The van der Waals surface area contributed by atoms with E-state index >= 15 is 0 Å². The van der Waals surface area contributed by atoms with Gasteiger partial charge in [0.2, 0.25) is 0 Å². The van der Waals surface area contributed by atoms with Crippen molar-refractivity contribution in [1.82, 2.24) is 4.98 Å². The van der Waals surface area contributed by atoms with Crippen LogP contribution in [0, 0.1) is 6.92 Å². The smallest absolute Gasteiger partial charge is 0.260 e. The molecule has 0 aliphatic heterocycles. The van der Waals surface area contributed by atoms with Gasteiger partial charge in [0.15, 0.2) is 0 Å². The highest BCUT2D eigenvalue weighted by atomic mass is 35.5. The predicted octanol–water partition coefficient (Wildman–Crippen LogP) is 5.65. The molecule has 0 amide bonds. The molecule has 3 aromatic carbocycles. The molecule has 27 heavy (non-hydrogen) atoms. The molecular weight excluding hydrogens is 362 g/mol. The van der Waals surface area contributed by atoms with Crippen molar-refractivity contribution in [1.29, 1.82) is 0 Å². The Hall–Kier alpha value is -3.24. The molecule has 1 aromatic heterocycles. The van der Waals surface area contributed by atoms with Crippen LogP contribution in [-0.2, 0) is 0 Å². The van der Waals surface area contributed by atoms with Crippen molar-refractivity contribution >= 4 is 22.5 Å². The maximum absolute atomic E-state index is 12.6. The highest BCUT2D eigenvalue weighted by molar-refractivity contribution is 6.31. The molecule has 0 fully saturated rings. The summed E-state index contributed by atoms with van der Waals surface area (Å²) in [6, 6.07) is 19.7. The first-order chi connectivity index (χ1) is 13.0. The third-order valence-electron chi connectivity index (χ3n) is 4.33. The van der Waals surface area contributed by atoms with E-state index in [2.05, 4.69) is 4.98 Å². The van der Waals surface area contributed by atoms with Gasteiger partial charge in [-0.3, -0.25) is 4.79 Å². The Balaban J connectivity index is 1.78. The van der Waals surface area contributed by atoms with Gasteiger partial charge in [-0.1, -0.05) is 41.4 Å². The fourth-order valence-corrected chi connectivity index (χ4v) is 3.15. The van der Waals surface area contributed by atoms with Crippen molar-refractivity contribution in [2.45, 2.75) is 6.92 Å². The van der Waals surface area contributed by atoms with Gasteiger partial charge in [0.1, 0.15) is 17.2 Å². The molecule has 134 valence electrons. The number of ether oxygens (including phenoxy) is 1. The third-order valence-corrected chi connectivity index (χ3v) is 4.56. The van der Waals surface area contributed by atoms with E-state index in [-0.39, 0.29) is 11.3 Å². The van der Waals surface area contributed by atoms with E-state index in [1.807, 2.05) is 31.2 Å². The van der Waals surface area contributed by atoms with Gasteiger partial charge in [0.05, 0.1) is 11.1 Å². The molecule has 4 nitrogen and oxygen atoms in total. The molecule has 1 heterocycles. The van der Waals surface area contributed by atoms with Gasteiger partial charge in [-0.15, -0.1) is 0 Å². The number of aromatic amines is 1. The van der Waals surface area contributed by atoms with Crippen LogP contribution in [0.5, 0.6) is 17.2 Å². The number of rotatable bonds is 3. The van der Waals surface area contributed by atoms with Crippen LogP contribution in [0.15, 0.2) is 71.5 Å². The minimum Gasteiger partial charge on any atom is -0.506 e.